The Bertz CT molecular complexity index is 163. The van der Waals surface area contributed by atoms with Crippen molar-refractivity contribution in [3.05, 3.63) is 0 Å². The van der Waals surface area contributed by atoms with Crippen LogP contribution in [-0.4, -0.2) is 28.6 Å². The van der Waals surface area contributed by atoms with Crippen molar-refractivity contribution in [1.82, 2.24) is 0 Å². The minimum absolute atomic E-state index is 0.752. The van der Waals surface area contributed by atoms with Crippen LogP contribution in [0.4, 0.5) is 0 Å². The average Bonchev–Trinajstić information content (AvgIpc) is 1.97. The van der Waals surface area contributed by atoms with E-state index in [0.29, 0.717) is 0 Å². The molecule has 1 saturated heterocycles. The smallest absolute Gasteiger partial charge is 0.338 e. The molecule has 1 aliphatic rings. The van der Waals surface area contributed by atoms with Crippen molar-refractivity contribution in [1.29, 1.82) is 0 Å². The fourth-order valence-electron chi connectivity index (χ4n) is 0.765. The van der Waals surface area contributed by atoms with E-state index >= 15 is 0 Å². The third-order valence-corrected chi connectivity index (χ3v) is 1.79. The zero-order valence-electron chi connectivity index (χ0n) is 5.87. The number of aliphatic hydroxyl groups is 2. The molecule has 1 fully saturated rings. The van der Waals surface area contributed by atoms with Gasteiger partial charge in [0.1, 0.15) is 0 Å². The molecular weight excluding hydrogens is 136 g/mol. The van der Waals surface area contributed by atoms with Gasteiger partial charge in [0, 0.05) is 0 Å². The first-order chi connectivity index (χ1) is 4.46. The fourth-order valence-corrected chi connectivity index (χ4v) is 0.765. The van der Waals surface area contributed by atoms with Crippen LogP contribution in [0.1, 0.15) is 13.8 Å². The van der Waals surface area contributed by atoms with Crippen molar-refractivity contribution in [3.63, 3.8) is 0 Å². The Kier molecular flexibility index (Phi) is 1.45. The predicted octanol–water partition coefficient (Wildman–Crippen LogP) is -0.751. The average molecular weight is 146 g/mol. The third-order valence-electron chi connectivity index (χ3n) is 1.79. The summed E-state index contributed by atoms with van der Waals surface area (Å²) in [5.41, 5.74) is -0.878. The molecule has 4 heteroatoms. The van der Waals surface area contributed by atoms with Crippen LogP contribution >= 0.6 is 0 Å². The predicted molar refractivity (Wildman–Crippen MR) is 31.9 cm³/mol. The largest absolute Gasteiger partial charge is 0.433 e. The maximum atomic E-state index is 10.6. The molecule has 0 aromatic carbocycles. The summed E-state index contributed by atoms with van der Waals surface area (Å²) in [6.45, 7) is 3.13. The van der Waals surface area contributed by atoms with E-state index in [4.69, 9.17) is 10.2 Å². The molecule has 2 atom stereocenters. The molecule has 2 unspecified atom stereocenters. The van der Waals surface area contributed by atoms with Crippen molar-refractivity contribution >= 4 is 5.97 Å². The zero-order valence-corrected chi connectivity index (χ0v) is 5.87. The van der Waals surface area contributed by atoms with Crippen LogP contribution in [0.5, 0.6) is 0 Å². The molecule has 0 aliphatic carbocycles. The van der Waals surface area contributed by atoms with E-state index < -0.39 is 23.8 Å². The minimum atomic E-state index is -1.21. The lowest BCUT2D eigenvalue weighted by Gasteiger charge is -2.20. The van der Waals surface area contributed by atoms with Gasteiger partial charge >= 0.3 is 5.97 Å². The molecule has 0 aromatic rings. The molecule has 0 saturated carbocycles. The molecule has 0 radical (unpaired) electrons. The van der Waals surface area contributed by atoms with Crippen LogP contribution in [0.3, 0.4) is 0 Å². The quantitative estimate of drug-likeness (QED) is 0.441. The Labute approximate surface area is 58.4 Å². The van der Waals surface area contributed by atoms with Gasteiger partial charge in [-0.1, -0.05) is 13.8 Å². The Hall–Kier alpha value is -0.610. The second kappa shape index (κ2) is 1.93. The number of rotatable bonds is 0. The monoisotopic (exact) mass is 146 g/mol. The highest BCUT2D eigenvalue weighted by Crippen LogP contribution is 2.33. The van der Waals surface area contributed by atoms with E-state index in [0.717, 1.165) is 0 Å². The molecule has 0 spiro atoms. The number of carbonyl (C=O) groups excluding carboxylic acids is 1. The summed E-state index contributed by atoms with van der Waals surface area (Å²) in [4.78, 5) is 10.6. The lowest BCUT2D eigenvalue weighted by molar-refractivity contribution is -0.160. The maximum absolute atomic E-state index is 10.6. The number of esters is 1. The summed E-state index contributed by atoms with van der Waals surface area (Å²) in [7, 11) is 0. The number of hydrogen-bond acceptors (Lipinski definition) is 4. The van der Waals surface area contributed by atoms with Crippen LogP contribution in [0.2, 0.25) is 0 Å². The fraction of sp³-hybridized carbons (Fsp3) is 0.833. The van der Waals surface area contributed by atoms with E-state index in [1.54, 1.807) is 13.8 Å². The summed E-state index contributed by atoms with van der Waals surface area (Å²) in [5, 5.41) is 18.1. The van der Waals surface area contributed by atoms with Gasteiger partial charge in [-0.3, -0.25) is 0 Å². The molecule has 2 N–H and O–H groups in total. The first-order valence-corrected chi connectivity index (χ1v) is 3.03. The maximum Gasteiger partial charge on any atom is 0.338 e. The molecule has 0 bridgehead atoms. The van der Waals surface area contributed by atoms with Crippen LogP contribution in [-0.2, 0) is 9.53 Å². The van der Waals surface area contributed by atoms with Gasteiger partial charge < -0.3 is 14.9 Å². The van der Waals surface area contributed by atoms with Gasteiger partial charge in [-0.25, -0.2) is 4.79 Å². The molecule has 0 amide bonds. The van der Waals surface area contributed by atoms with Crippen molar-refractivity contribution in [2.75, 3.05) is 0 Å². The molecule has 0 aromatic heterocycles. The van der Waals surface area contributed by atoms with Gasteiger partial charge in [0.25, 0.3) is 0 Å². The van der Waals surface area contributed by atoms with Gasteiger partial charge in [0.15, 0.2) is 6.10 Å². The molecular formula is C6H10O4. The SMILES string of the molecule is CC1(C)C(O)OC(=O)C1O. The number of carbonyl (C=O) groups is 1. The topological polar surface area (TPSA) is 66.8 Å². The molecule has 1 heterocycles. The van der Waals surface area contributed by atoms with Crippen LogP contribution in [0.15, 0.2) is 0 Å². The molecule has 10 heavy (non-hydrogen) atoms. The number of cyclic esters (lactones) is 1. The van der Waals surface area contributed by atoms with Gasteiger partial charge in [0.05, 0.1) is 5.41 Å². The van der Waals surface area contributed by atoms with E-state index in [9.17, 15) is 4.79 Å². The van der Waals surface area contributed by atoms with E-state index in [1.807, 2.05) is 0 Å². The first kappa shape index (κ1) is 7.50. The van der Waals surface area contributed by atoms with E-state index in [-0.39, 0.29) is 0 Å². The number of aliphatic hydroxyl groups excluding tert-OH is 2. The Morgan fingerprint density at radius 3 is 2.10 bits per heavy atom. The standard InChI is InChI=1S/C6H10O4/c1-6(2)3(7)4(8)10-5(6)9/h3,5,7,9H,1-2H3. The first-order valence-electron chi connectivity index (χ1n) is 3.03. The second-order valence-electron chi connectivity index (χ2n) is 3.01. The second-order valence-corrected chi connectivity index (χ2v) is 3.01. The Morgan fingerprint density at radius 2 is 2.00 bits per heavy atom. The van der Waals surface area contributed by atoms with Crippen molar-refractivity contribution in [3.8, 4) is 0 Å². The van der Waals surface area contributed by atoms with Gasteiger partial charge in [-0.15, -0.1) is 0 Å². The molecule has 1 rings (SSSR count). The molecule has 4 nitrogen and oxygen atoms in total. The molecule has 1 aliphatic heterocycles. The molecule has 58 valence electrons. The summed E-state index contributed by atoms with van der Waals surface area (Å²) in [6.07, 6.45) is -2.39. The Balaban J connectivity index is 2.85. The lowest BCUT2D eigenvalue weighted by atomic mass is 9.88. The van der Waals surface area contributed by atoms with E-state index in [1.165, 1.54) is 0 Å². The summed E-state index contributed by atoms with van der Waals surface area (Å²) in [5.74, 6) is -0.752. The van der Waals surface area contributed by atoms with Crippen molar-refractivity contribution < 1.29 is 19.7 Å². The third kappa shape index (κ3) is 0.803. The lowest BCUT2D eigenvalue weighted by Crippen LogP contribution is -2.34. The summed E-state index contributed by atoms with van der Waals surface area (Å²) in [6, 6.07) is 0. The number of hydrogen-bond donors (Lipinski definition) is 2. The normalized spacial score (nSPS) is 37.8. The number of ether oxygens (including phenoxy) is 1. The highest BCUT2D eigenvalue weighted by Gasteiger charge is 2.49. The summed E-state index contributed by atoms with van der Waals surface area (Å²) < 4.78 is 4.36. The van der Waals surface area contributed by atoms with Gasteiger partial charge in [0.2, 0.25) is 6.29 Å². The van der Waals surface area contributed by atoms with E-state index in [2.05, 4.69) is 4.74 Å². The van der Waals surface area contributed by atoms with Crippen molar-refractivity contribution in [2.45, 2.75) is 26.2 Å². The zero-order chi connectivity index (χ0) is 7.94. The van der Waals surface area contributed by atoms with Crippen LogP contribution in [0, 0.1) is 5.41 Å². The van der Waals surface area contributed by atoms with Crippen molar-refractivity contribution in [2.24, 2.45) is 5.41 Å². The highest BCUT2D eigenvalue weighted by atomic mass is 16.7. The Morgan fingerprint density at radius 1 is 1.50 bits per heavy atom. The minimum Gasteiger partial charge on any atom is -0.433 e. The highest BCUT2D eigenvalue weighted by molar-refractivity contribution is 5.77. The van der Waals surface area contributed by atoms with Crippen LogP contribution < -0.4 is 0 Å². The van der Waals surface area contributed by atoms with Gasteiger partial charge in [-0.2, -0.15) is 0 Å². The summed E-state index contributed by atoms with van der Waals surface area (Å²) >= 11 is 0. The van der Waals surface area contributed by atoms with Gasteiger partial charge in [-0.05, 0) is 0 Å². The van der Waals surface area contributed by atoms with Crippen LogP contribution in [0.25, 0.3) is 0 Å².